The summed E-state index contributed by atoms with van der Waals surface area (Å²) in [5.41, 5.74) is 1.57. The summed E-state index contributed by atoms with van der Waals surface area (Å²) < 4.78 is 16.6. The predicted molar refractivity (Wildman–Crippen MR) is 119 cm³/mol. The lowest BCUT2D eigenvalue weighted by atomic mass is 10.2. The number of thiazole rings is 1. The summed E-state index contributed by atoms with van der Waals surface area (Å²) in [7, 11) is 1.55. The van der Waals surface area contributed by atoms with Crippen LogP contribution in [0, 0.1) is 0 Å². The highest BCUT2D eigenvalue weighted by molar-refractivity contribution is 7.14. The zero-order valence-electron chi connectivity index (χ0n) is 17.4. The molecule has 0 aliphatic rings. The van der Waals surface area contributed by atoms with Gasteiger partial charge in [-0.1, -0.05) is 18.2 Å². The second kappa shape index (κ2) is 10.4. The van der Waals surface area contributed by atoms with E-state index >= 15 is 0 Å². The number of carbonyl (C=O) groups excluding carboxylic acids is 2. The molecule has 31 heavy (non-hydrogen) atoms. The summed E-state index contributed by atoms with van der Waals surface area (Å²) in [5, 5.41) is 7.59. The van der Waals surface area contributed by atoms with Crippen LogP contribution in [0.2, 0.25) is 0 Å². The molecule has 9 heteroatoms. The van der Waals surface area contributed by atoms with Gasteiger partial charge in [0.15, 0.2) is 29.0 Å². The highest BCUT2D eigenvalue weighted by Gasteiger charge is 2.13. The second-order valence-corrected chi connectivity index (χ2v) is 7.32. The van der Waals surface area contributed by atoms with E-state index in [1.165, 1.54) is 18.3 Å². The van der Waals surface area contributed by atoms with E-state index in [1.54, 1.807) is 30.7 Å². The summed E-state index contributed by atoms with van der Waals surface area (Å²) in [4.78, 5) is 27.6. The number of aromatic nitrogens is 1. The number of nitrogens with one attached hydrogen (secondary N) is 2. The van der Waals surface area contributed by atoms with Crippen molar-refractivity contribution >= 4 is 34.4 Å². The molecule has 1 aromatic carbocycles. The number of methoxy groups -OCH3 is 1. The van der Waals surface area contributed by atoms with Crippen molar-refractivity contribution in [3.05, 3.63) is 53.1 Å². The maximum Gasteiger partial charge on any atom is 0.264 e. The Morgan fingerprint density at radius 2 is 2.06 bits per heavy atom. The van der Waals surface area contributed by atoms with Crippen LogP contribution >= 0.6 is 11.3 Å². The van der Waals surface area contributed by atoms with Gasteiger partial charge in [-0.2, -0.15) is 0 Å². The molecular formula is C22H23N3O5S. The summed E-state index contributed by atoms with van der Waals surface area (Å²) in [6.07, 6.45) is 3.87. The van der Waals surface area contributed by atoms with Crippen molar-refractivity contribution in [1.82, 2.24) is 10.3 Å². The van der Waals surface area contributed by atoms with E-state index in [-0.39, 0.29) is 18.4 Å². The number of benzene rings is 1. The minimum Gasteiger partial charge on any atom is -0.493 e. The lowest BCUT2D eigenvalue weighted by Gasteiger charge is -2.11. The van der Waals surface area contributed by atoms with Gasteiger partial charge in [0.2, 0.25) is 5.91 Å². The van der Waals surface area contributed by atoms with Crippen LogP contribution in [0.25, 0.3) is 17.5 Å². The molecule has 0 fully saturated rings. The molecule has 2 heterocycles. The number of allylic oxidation sites excluding steroid dienone is 1. The zero-order valence-corrected chi connectivity index (χ0v) is 18.2. The normalized spacial score (nSPS) is 10.8. The van der Waals surface area contributed by atoms with Crippen LogP contribution in [-0.4, -0.2) is 30.5 Å². The van der Waals surface area contributed by atoms with Crippen molar-refractivity contribution in [1.29, 1.82) is 0 Å². The maximum absolute atomic E-state index is 12.3. The first-order valence-electron chi connectivity index (χ1n) is 9.51. The number of nitrogens with zero attached hydrogens (tertiary/aromatic N) is 1. The first kappa shape index (κ1) is 22.1. The highest BCUT2D eigenvalue weighted by Crippen LogP contribution is 2.29. The third kappa shape index (κ3) is 6.19. The molecule has 0 aliphatic heterocycles. The van der Waals surface area contributed by atoms with Gasteiger partial charge in [-0.15, -0.1) is 11.3 Å². The van der Waals surface area contributed by atoms with Crippen molar-refractivity contribution in [2.45, 2.75) is 20.4 Å². The molecule has 3 rings (SSSR count). The second-order valence-electron chi connectivity index (χ2n) is 6.46. The van der Waals surface area contributed by atoms with Gasteiger partial charge in [0, 0.05) is 12.3 Å². The van der Waals surface area contributed by atoms with E-state index in [0.29, 0.717) is 40.4 Å². The van der Waals surface area contributed by atoms with E-state index in [9.17, 15) is 9.59 Å². The Labute approximate surface area is 183 Å². The van der Waals surface area contributed by atoms with Crippen LogP contribution in [0.15, 0.2) is 46.2 Å². The molecular weight excluding hydrogens is 418 g/mol. The number of rotatable bonds is 9. The largest absolute Gasteiger partial charge is 0.493 e. The SMILES string of the molecule is C/C=C/c1ccc(OCC(=O)Nc2nc(-c3ccc(CNC(C)=O)o3)cs2)c(OC)c1. The van der Waals surface area contributed by atoms with E-state index in [2.05, 4.69) is 15.6 Å². The molecule has 2 N–H and O–H groups in total. The molecule has 2 amide bonds. The Morgan fingerprint density at radius 1 is 1.23 bits per heavy atom. The monoisotopic (exact) mass is 441 g/mol. The average molecular weight is 442 g/mol. The molecule has 0 atom stereocenters. The van der Waals surface area contributed by atoms with Gasteiger partial charge in [0.05, 0.1) is 13.7 Å². The molecule has 0 radical (unpaired) electrons. The fourth-order valence-electron chi connectivity index (χ4n) is 2.66. The minimum atomic E-state index is -0.341. The first-order valence-corrected chi connectivity index (χ1v) is 10.4. The number of hydrogen-bond acceptors (Lipinski definition) is 7. The summed E-state index contributed by atoms with van der Waals surface area (Å²) in [6.45, 7) is 3.50. The Hall–Kier alpha value is -3.59. The Morgan fingerprint density at radius 3 is 2.81 bits per heavy atom. The maximum atomic E-state index is 12.3. The van der Waals surface area contributed by atoms with Crippen LogP contribution < -0.4 is 20.1 Å². The topological polar surface area (TPSA) is 103 Å². The Balaban J connectivity index is 1.56. The smallest absolute Gasteiger partial charge is 0.264 e. The Bertz CT molecular complexity index is 1090. The standard InChI is InChI=1S/C22H23N3O5S/c1-4-5-15-6-8-19(20(10-15)28-3)29-12-21(27)25-22-24-17(13-31-22)18-9-7-16(30-18)11-23-14(2)26/h4-10,13H,11-12H2,1-3H3,(H,23,26)(H,24,25,27)/b5-4+. The quantitative estimate of drug-likeness (QED) is 0.518. The number of amides is 2. The lowest BCUT2D eigenvalue weighted by molar-refractivity contribution is -0.119. The number of furan rings is 1. The average Bonchev–Trinajstić information content (AvgIpc) is 3.41. The molecule has 0 aliphatic carbocycles. The summed E-state index contributed by atoms with van der Waals surface area (Å²) >= 11 is 1.28. The molecule has 3 aromatic rings. The molecule has 0 spiro atoms. The number of hydrogen-bond donors (Lipinski definition) is 2. The van der Waals surface area contributed by atoms with Crippen LogP contribution in [-0.2, 0) is 16.1 Å². The minimum absolute atomic E-state index is 0.134. The van der Waals surface area contributed by atoms with Crippen LogP contribution in [0.1, 0.15) is 25.2 Å². The van der Waals surface area contributed by atoms with E-state index in [0.717, 1.165) is 5.56 Å². The molecule has 0 unspecified atom stereocenters. The fourth-order valence-corrected chi connectivity index (χ4v) is 3.38. The number of anilines is 1. The van der Waals surface area contributed by atoms with Crippen LogP contribution in [0.4, 0.5) is 5.13 Å². The first-order chi connectivity index (χ1) is 15.0. The number of ether oxygens (including phenoxy) is 2. The van der Waals surface area contributed by atoms with Gasteiger partial charge in [0.25, 0.3) is 5.91 Å². The van der Waals surface area contributed by atoms with E-state index in [4.69, 9.17) is 13.9 Å². The van der Waals surface area contributed by atoms with Gasteiger partial charge in [-0.25, -0.2) is 4.98 Å². The van der Waals surface area contributed by atoms with Gasteiger partial charge in [-0.05, 0) is 36.8 Å². The van der Waals surface area contributed by atoms with Crippen LogP contribution in [0.3, 0.4) is 0 Å². The van der Waals surface area contributed by atoms with Crippen molar-refractivity contribution in [3.8, 4) is 23.0 Å². The van der Waals surface area contributed by atoms with E-state index < -0.39 is 0 Å². The molecule has 162 valence electrons. The Kier molecular flexibility index (Phi) is 7.45. The third-order valence-corrected chi connectivity index (χ3v) is 4.84. The summed E-state index contributed by atoms with van der Waals surface area (Å²) in [5.74, 6) is 1.73. The molecule has 8 nitrogen and oxygen atoms in total. The molecule has 2 aromatic heterocycles. The zero-order chi connectivity index (χ0) is 22.2. The summed E-state index contributed by atoms with van der Waals surface area (Å²) in [6, 6.07) is 9.02. The molecule has 0 saturated carbocycles. The highest BCUT2D eigenvalue weighted by atomic mass is 32.1. The van der Waals surface area contributed by atoms with Crippen molar-refractivity contribution in [3.63, 3.8) is 0 Å². The fraction of sp³-hybridized carbons (Fsp3) is 0.227. The number of carbonyl (C=O) groups is 2. The lowest BCUT2D eigenvalue weighted by Crippen LogP contribution is -2.20. The van der Waals surface area contributed by atoms with Gasteiger partial charge >= 0.3 is 0 Å². The molecule has 0 saturated heterocycles. The van der Waals surface area contributed by atoms with Gasteiger partial charge < -0.3 is 19.2 Å². The van der Waals surface area contributed by atoms with Gasteiger partial charge in [-0.3, -0.25) is 14.9 Å². The van der Waals surface area contributed by atoms with Crippen molar-refractivity contribution in [2.24, 2.45) is 0 Å². The van der Waals surface area contributed by atoms with Crippen molar-refractivity contribution < 1.29 is 23.5 Å². The van der Waals surface area contributed by atoms with Crippen molar-refractivity contribution in [2.75, 3.05) is 19.0 Å². The predicted octanol–water partition coefficient (Wildman–Crippen LogP) is 4.10. The molecule has 0 bridgehead atoms. The van der Waals surface area contributed by atoms with Gasteiger partial charge in [0.1, 0.15) is 11.5 Å². The van der Waals surface area contributed by atoms with Crippen LogP contribution in [0.5, 0.6) is 11.5 Å². The third-order valence-electron chi connectivity index (χ3n) is 4.08. The van der Waals surface area contributed by atoms with E-state index in [1.807, 2.05) is 31.2 Å².